The Kier molecular flexibility index (Phi) is 9.00. The fourth-order valence-corrected chi connectivity index (χ4v) is 7.94. The first-order valence-electron chi connectivity index (χ1n) is 14.9. The smallest absolute Gasteiger partial charge is 0.228 e. The summed E-state index contributed by atoms with van der Waals surface area (Å²) in [6, 6.07) is 0.425. The highest BCUT2D eigenvalue weighted by molar-refractivity contribution is 5.81. The average Bonchev–Trinajstić information content (AvgIpc) is 3.33. The first-order valence-corrected chi connectivity index (χ1v) is 14.9. The van der Waals surface area contributed by atoms with Crippen LogP contribution in [0.4, 0.5) is 4.39 Å². The molecule has 6 rings (SSSR count). The molecule has 6 aliphatic rings. The Hall–Kier alpha value is -1.35. The molecule has 5 fully saturated rings. The highest BCUT2D eigenvalue weighted by Crippen LogP contribution is 2.45. The van der Waals surface area contributed by atoms with Crippen LogP contribution in [0.3, 0.4) is 0 Å². The minimum atomic E-state index is -0.863. The monoisotopic (exact) mass is 517 g/mol. The summed E-state index contributed by atoms with van der Waals surface area (Å²) < 4.78 is 14.6. The van der Waals surface area contributed by atoms with E-state index in [0.717, 1.165) is 71.1 Å². The lowest BCUT2D eigenvalue weighted by Gasteiger charge is -2.44. The van der Waals surface area contributed by atoms with Gasteiger partial charge in [-0.3, -0.25) is 9.69 Å². The summed E-state index contributed by atoms with van der Waals surface area (Å²) in [5.41, 5.74) is 12.6. The largest absolute Gasteiger partial charge is 0.350 e. The number of nitrogens with zero attached hydrogens (tertiary/aromatic N) is 3. The highest BCUT2D eigenvalue weighted by Gasteiger charge is 2.43. The molecule has 2 bridgehead atoms. The molecule has 5 heterocycles. The van der Waals surface area contributed by atoms with Crippen LogP contribution in [0.1, 0.15) is 77.0 Å². The number of fused-ring (bicyclic) bond motifs is 4. The zero-order valence-corrected chi connectivity index (χ0v) is 22.5. The van der Waals surface area contributed by atoms with Crippen molar-refractivity contribution < 1.29 is 9.18 Å². The van der Waals surface area contributed by atoms with Crippen molar-refractivity contribution in [1.29, 1.82) is 0 Å². The molecule has 1 aliphatic carbocycles. The van der Waals surface area contributed by atoms with E-state index in [1.807, 2.05) is 0 Å². The third kappa shape index (κ3) is 6.45. The number of halogens is 1. The number of hydrogen-bond acceptors (Lipinski definition) is 7. The number of piperidine rings is 2. The van der Waals surface area contributed by atoms with Crippen molar-refractivity contribution >= 4 is 11.8 Å². The number of nitrogens with one attached hydrogen (secondary N) is 2. The fraction of sp³-hybridized carbons (Fsp3) is 0.893. The van der Waals surface area contributed by atoms with Gasteiger partial charge in [-0.15, -0.1) is 0 Å². The Morgan fingerprint density at radius 1 is 1.08 bits per heavy atom. The van der Waals surface area contributed by atoms with E-state index in [9.17, 15) is 9.18 Å². The normalized spacial score (nSPS) is 35.8. The summed E-state index contributed by atoms with van der Waals surface area (Å²) >= 11 is 0. The number of hydrogen-bond donors (Lipinski definition) is 4. The molecule has 0 radical (unpaired) electrons. The summed E-state index contributed by atoms with van der Waals surface area (Å²) in [6.45, 7) is 6.22. The van der Waals surface area contributed by atoms with Gasteiger partial charge in [-0.25, -0.2) is 9.38 Å². The highest BCUT2D eigenvalue weighted by atomic mass is 19.1. The number of carbonyl (C=O) groups excluding carboxylic acids is 1. The van der Waals surface area contributed by atoms with E-state index in [4.69, 9.17) is 11.5 Å². The Balaban J connectivity index is 1.34. The average molecular weight is 518 g/mol. The molecule has 1 saturated carbocycles. The molecule has 0 aromatic carbocycles. The fourth-order valence-electron chi connectivity index (χ4n) is 7.94. The second kappa shape index (κ2) is 12.2. The molecule has 37 heavy (non-hydrogen) atoms. The maximum absolute atomic E-state index is 14.6. The predicted octanol–water partition coefficient (Wildman–Crippen LogP) is 1.89. The molecule has 5 aliphatic heterocycles. The molecule has 208 valence electrons. The van der Waals surface area contributed by atoms with Gasteiger partial charge in [0.1, 0.15) is 0 Å². The zero-order valence-electron chi connectivity index (χ0n) is 22.5. The molecule has 8 nitrogen and oxygen atoms in total. The summed E-state index contributed by atoms with van der Waals surface area (Å²) in [5.74, 6) is 1.45. The SMILES string of the molecule is NC(N)C(C(=O)NC1CNCCC1N1CCN2CCC1CC2)C1CC2(CCCCCC2)CCC(F)=C=N1. The van der Waals surface area contributed by atoms with Gasteiger partial charge in [-0.05, 0) is 70.0 Å². The van der Waals surface area contributed by atoms with Gasteiger partial charge in [0.15, 0.2) is 5.83 Å². The van der Waals surface area contributed by atoms with E-state index in [0.29, 0.717) is 18.5 Å². The van der Waals surface area contributed by atoms with E-state index in [2.05, 4.69) is 31.3 Å². The van der Waals surface area contributed by atoms with Crippen molar-refractivity contribution in [3.05, 3.63) is 5.83 Å². The Labute approximate surface area is 221 Å². The summed E-state index contributed by atoms with van der Waals surface area (Å²) in [6.07, 6.45) is 11.3. The Morgan fingerprint density at radius 2 is 1.84 bits per heavy atom. The molecular weight excluding hydrogens is 469 g/mol. The van der Waals surface area contributed by atoms with Gasteiger partial charge in [-0.2, -0.15) is 0 Å². The molecular formula is C28H48FN7O. The van der Waals surface area contributed by atoms with Crippen molar-refractivity contribution in [2.24, 2.45) is 27.8 Å². The quantitative estimate of drug-likeness (QED) is 0.415. The van der Waals surface area contributed by atoms with Crippen LogP contribution in [-0.2, 0) is 4.79 Å². The van der Waals surface area contributed by atoms with Gasteiger partial charge < -0.3 is 27.0 Å². The number of amides is 1. The summed E-state index contributed by atoms with van der Waals surface area (Å²) in [4.78, 5) is 23.7. The maximum Gasteiger partial charge on any atom is 0.228 e. The molecule has 0 aromatic heterocycles. The Bertz CT molecular complexity index is 843. The minimum Gasteiger partial charge on any atom is -0.350 e. The molecule has 4 atom stereocenters. The van der Waals surface area contributed by atoms with Crippen molar-refractivity contribution in [2.75, 3.05) is 39.3 Å². The maximum atomic E-state index is 14.6. The lowest BCUT2D eigenvalue weighted by atomic mass is 9.69. The summed E-state index contributed by atoms with van der Waals surface area (Å²) in [5, 5.41) is 6.86. The molecule has 4 unspecified atom stereocenters. The van der Waals surface area contributed by atoms with Gasteiger partial charge in [0.05, 0.1) is 24.2 Å². The van der Waals surface area contributed by atoms with Gasteiger partial charge >= 0.3 is 0 Å². The molecule has 0 aromatic rings. The van der Waals surface area contributed by atoms with Gasteiger partial charge in [0.2, 0.25) is 5.91 Å². The zero-order chi connectivity index (χ0) is 25.8. The van der Waals surface area contributed by atoms with Crippen molar-refractivity contribution in [1.82, 2.24) is 20.4 Å². The number of allylic oxidation sites excluding steroid dienone is 1. The van der Waals surface area contributed by atoms with Gasteiger partial charge in [-0.1, -0.05) is 25.7 Å². The number of rotatable bonds is 5. The second-order valence-corrected chi connectivity index (χ2v) is 12.4. The molecule has 6 N–H and O–H groups in total. The van der Waals surface area contributed by atoms with Crippen LogP contribution in [0.25, 0.3) is 0 Å². The van der Waals surface area contributed by atoms with Crippen LogP contribution < -0.4 is 22.1 Å². The topological polar surface area (TPSA) is 112 Å². The van der Waals surface area contributed by atoms with Crippen LogP contribution >= 0.6 is 0 Å². The predicted molar refractivity (Wildman–Crippen MR) is 145 cm³/mol. The van der Waals surface area contributed by atoms with Crippen LogP contribution in [-0.4, -0.2) is 91.2 Å². The number of aliphatic imine (C=N–C) groups is 1. The van der Waals surface area contributed by atoms with Crippen LogP contribution in [0.2, 0.25) is 0 Å². The van der Waals surface area contributed by atoms with Crippen molar-refractivity contribution in [3.8, 4) is 0 Å². The van der Waals surface area contributed by atoms with E-state index >= 15 is 0 Å². The third-order valence-electron chi connectivity index (χ3n) is 10.1. The molecule has 1 amide bonds. The van der Waals surface area contributed by atoms with Gasteiger partial charge in [0.25, 0.3) is 0 Å². The molecule has 9 heteroatoms. The van der Waals surface area contributed by atoms with Crippen molar-refractivity contribution in [2.45, 2.75) is 107 Å². The Morgan fingerprint density at radius 3 is 2.57 bits per heavy atom. The first kappa shape index (κ1) is 27.2. The van der Waals surface area contributed by atoms with Gasteiger partial charge in [0, 0.05) is 44.0 Å². The molecule has 1 spiro atoms. The van der Waals surface area contributed by atoms with Crippen molar-refractivity contribution in [3.63, 3.8) is 0 Å². The van der Waals surface area contributed by atoms with E-state index in [1.165, 1.54) is 38.8 Å². The second-order valence-electron chi connectivity index (χ2n) is 12.4. The summed E-state index contributed by atoms with van der Waals surface area (Å²) in [7, 11) is 0. The minimum absolute atomic E-state index is 0.00709. The first-order chi connectivity index (χ1) is 17.9. The standard InChI is InChI=1S/C28H48FN7O/c29-20-5-11-28(9-3-1-2-4-10-28)17-22(33-18-20)25(26(30)31)27(37)34-23-19-32-12-6-24(23)36-16-15-35-13-7-21(36)8-14-35/h21-26,32H,1-17,19,30-31H2,(H,34,37). The molecule has 4 saturated heterocycles. The van der Waals surface area contributed by atoms with E-state index < -0.39 is 18.1 Å². The van der Waals surface area contributed by atoms with E-state index in [-0.39, 0.29) is 23.2 Å². The number of carbonyl (C=O) groups is 1. The lowest BCUT2D eigenvalue weighted by molar-refractivity contribution is -0.128. The lowest BCUT2D eigenvalue weighted by Crippen LogP contribution is -2.64. The van der Waals surface area contributed by atoms with Crippen LogP contribution in [0, 0.1) is 11.3 Å². The van der Waals surface area contributed by atoms with Crippen LogP contribution in [0.15, 0.2) is 10.8 Å². The van der Waals surface area contributed by atoms with Crippen LogP contribution in [0.5, 0.6) is 0 Å². The third-order valence-corrected chi connectivity index (χ3v) is 10.1. The van der Waals surface area contributed by atoms with E-state index in [1.54, 1.807) is 0 Å². The number of nitrogens with two attached hydrogens (primary N) is 2.